The summed E-state index contributed by atoms with van der Waals surface area (Å²) >= 11 is 0. The molecule has 5 nitrogen and oxygen atoms in total. The molecule has 1 aliphatic rings. The number of aryl methyl sites for hydroxylation is 3. The molecule has 4 rings (SSSR count). The zero-order valence-corrected chi connectivity index (χ0v) is 16.2. The molecule has 0 aliphatic carbocycles. The number of carbonyl (C=O) groups excluding carboxylic acids is 1. The van der Waals surface area contributed by atoms with Crippen molar-refractivity contribution in [1.29, 1.82) is 0 Å². The molecule has 1 aromatic carbocycles. The highest BCUT2D eigenvalue weighted by Gasteiger charge is 2.27. The lowest BCUT2D eigenvalue weighted by molar-refractivity contribution is 0.0599. The van der Waals surface area contributed by atoms with Crippen molar-refractivity contribution in [3.63, 3.8) is 0 Å². The normalized spacial score (nSPS) is 15.4. The number of hydrogen-bond acceptors (Lipinski definition) is 4. The van der Waals surface area contributed by atoms with Crippen LogP contribution in [-0.2, 0) is 6.54 Å². The quantitative estimate of drug-likeness (QED) is 0.712. The topological polar surface area (TPSA) is 49.6 Å². The van der Waals surface area contributed by atoms with Gasteiger partial charge in [0.05, 0.1) is 0 Å². The van der Waals surface area contributed by atoms with Gasteiger partial charge in [0, 0.05) is 56.1 Å². The van der Waals surface area contributed by atoms with Gasteiger partial charge in [0.2, 0.25) is 0 Å². The summed E-state index contributed by atoms with van der Waals surface area (Å²) in [6.45, 7) is 10.2. The Balaban J connectivity index is 1.47. The molecule has 0 radical (unpaired) electrons. The van der Waals surface area contributed by atoms with E-state index in [0.29, 0.717) is 5.76 Å². The van der Waals surface area contributed by atoms with Crippen LogP contribution in [0.4, 0.5) is 0 Å². The van der Waals surface area contributed by atoms with Gasteiger partial charge in [-0.05, 0) is 55.7 Å². The van der Waals surface area contributed by atoms with Crippen molar-refractivity contribution in [2.75, 3.05) is 26.2 Å². The third kappa shape index (κ3) is 3.47. The van der Waals surface area contributed by atoms with Crippen LogP contribution >= 0.6 is 0 Å². The molecule has 0 atom stereocenters. The zero-order chi connectivity index (χ0) is 19.0. The first-order valence-corrected chi connectivity index (χ1v) is 9.44. The van der Waals surface area contributed by atoms with Crippen LogP contribution in [0.3, 0.4) is 0 Å². The largest absolute Gasteiger partial charge is 0.451 e. The highest BCUT2D eigenvalue weighted by atomic mass is 16.3. The maximum absolute atomic E-state index is 13.1. The standard InChI is InChI=1S/C22H25N3O2/c1-15-12-16(2)20-17(3)21(27-19(20)13-15)22(26)25-10-8-24(9-11-25)14-18-4-6-23-7-5-18/h4-7,12-13H,8-11,14H2,1-3H3. The molecular formula is C22H25N3O2. The maximum atomic E-state index is 13.1. The lowest BCUT2D eigenvalue weighted by Gasteiger charge is -2.34. The van der Waals surface area contributed by atoms with Gasteiger partial charge in [0.25, 0.3) is 5.91 Å². The molecule has 1 aliphatic heterocycles. The van der Waals surface area contributed by atoms with Gasteiger partial charge < -0.3 is 9.32 Å². The first-order chi connectivity index (χ1) is 13.0. The Morgan fingerprint density at radius 2 is 1.78 bits per heavy atom. The number of aromatic nitrogens is 1. The summed E-state index contributed by atoms with van der Waals surface area (Å²) in [4.78, 5) is 21.4. The number of benzene rings is 1. The molecule has 1 fully saturated rings. The van der Waals surface area contributed by atoms with Crippen LogP contribution in [0.25, 0.3) is 11.0 Å². The molecule has 1 amide bonds. The summed E-state index contributed by atoms with van der Waals surface area (Å²) in [6.07, 6.45) is 3.65. The van der Waals surface area contributed by atoms with Crippen molar-refractivity contribution < 1.29 is 9.21 Å². The van der Waals surface area contributed by atoms with E-state index in [4.69, 9.17) is 4.42 Å². The number of rotatable bonds is 3. The summed E-state index contributed by atoms with van der Waals surface area (Å²) in [5.74, 6) is 0.491. The number of furan rings is 1. The second kappa shape index (κ2) is 7.16. The first kappa shape index (κ1) is 17.7. The fourth-order valence-electron chi connectivity index (χ4n) is 3.99. The predicted molar refractivity (Wildman–Crippen MR) is 106 cm³/mol. The number of carbonyl (C=O) groups is 1. The molecule has 5 heteroatoms. The van der Waals surface area contributed by atoms with Crippen LogP contribution in [0, 0.1) is 20.8 Å². The molecule has 0 spiro atoms. The van der Waals surface area contributed by atoms with Crippen LogP contribution in [0.1, 0.15) is 32.8 Å². The highest BCUT2D eigenvalue weighted by molar-refractivity contribution is 6.00. The van der Waals surface area contributed by atoms with Gasteiger partial charge in [-0.1, -0.05) is 6.07 Å². The van der Waals surface area contributed by atoms with Gasteiger partial charge in [0.15, 0.2) is 5.76 Å². The summed E-state index contributed by atoms with van der Waals surface area (Å²) < 4.78 is 5.99. The van der Waals surface area contributed by atoms with Gasteiger partial charge in [-0.2, -0.15) is 0 Å². The smallest absolute Gasteiger partial charge is 0.289 e. The number of pyridine rings is 1. The Hall–Kier alpha value is -2.66. The number of piperazine rings is 1. The average Bonchev–Trinajstić information content (AvgIpc) is 2.99. The van der Waals surface area contributed by atoms with E-state index < -0.39 is 0 Å². The SMILES string of the molecule is Cc1cc(C)c2c(C)c(C(=O)N3CCN(Cc4ccncc4)CC3)oc2c1. The van der Waals surface area contributed by atoms with Crippen molar-refractivity contribution in [1.82, 2.24) is 14.8 Å². The van der Waals surface area contributed by atoms with Gasteiger partial charge in [-0.25, -0.2) is 0 Å². The zero-order valence-electron chi connectivity index (χ0n) is 16.2. The summed E-state index contributed by atoms with van der Waals surface area (Å²) in [5, 5.41) is 1.07. The third-order valence-electron chi connectivity index (χ3n) is 5.38. The Labute approximate surface area is 159 Å². The van der Waals surface area contributed by atoms with Crippen molar-refractivity contribution >= 4 is 16.9 Å². The fraction of sp³-hybridized carbons (Fsp3) is 0.364. The Morgan fingerprint density at radius 3 is 2.48 bits per heavy atom. The molecule has 0 saturated carbocycles. The molecule has 1 saturated heterocycles. The molecule has 0 unspecified atom stereocenters. The minimum absolute atomic E-state index is 0.00399. The van der Waals surface area contributed by atoms with Gasteiger partial charge in [-0.3, -0.25) is 14.7 Å². The number of amides is 1. The minimum atomic E-state index is 0.00399. The average molecular weight is 363 g/mol. The van der Waals surface area contributed by atoms with Crippen LogP contribution in [0.2, 0.25) is 0 Å². The van der Waals surface area contributed by atoms with E-state index in [9.17, 15) is 4.79 Å². The molecule has 2 aromatic heterocycles. The van der Waals surface area contributed by atoms with Crippen molar-refractivity contribution in [2.45, 2.75) is 27.3 Å². The first-order valence-electron chi connectivity index (χ1n) is 9.44. The molecule has 3 aromatic rings. The molecular weight excluding hydrogens is 338 g/mol. The lowest BCUT2D eigenvalue weighted by Crippen LogP contribution is -2.48. The highest BCUT2D eigenvalue weighted by Crippen LogP contribution is 2.30. The summed E-state index contributed by atoms with van der Waals surface area (Å²) in [7, 11) is 0. The lowest BCUT2D eigenvalue weighted by atomic mass is 10.0. The van der Waals surface area contributed by atoms with E-state index in [2.05, 4.69) is 22.9 Å². The van der Waals surface area contributed by atoms with Gasteiger partial charge in [0.1, 0.15) is 5.58 Å². The minimum Gasteiger partial charge on any atom is -0.451 e. The molecule has 140 valence electrons. The second-order valence-corrected chi connectivity index (χ2v) is 7.43. The molecule has 27 heavy (non-hydrogen) atoms. The maximum Gasteiger partial charge on any atom is 0.289 e. The van der Waals surface area contributed by atoms with E-state index in [-0.39, 0.29) is 5.91 Å². The van der Waals surface area contributed by atoms with Crippen molar-refractivity contribution in [2.24, 2.45) is 0 Å². The third-order valence-corrected chi connectivity index (χ3v) is 5.38. The number of hydrogen-bond donors (Lipinski definition) is 0. The number of nitrogens with zero attached hydrogens (tertiary/aromatic N) is 3. The monoisotopic (exact) mass is 363 g/mol. The van der Waals surface area contributed by atoms with Crippen LogP contribution in [0.15, 0.2) is 41.1 Å². The number of fused-ring (bicyclic) bond motifs is 1. The van der Waals surface area contributed by atoms with Gasteiger partial charge >= 0.3 is 0 Å². The molecule has 0 N–H and O–H groups in total. The van der Waals surface area contributed by atoms with E-state index in [0.717, 1.165) is 60.4 Å². The van der Waals surface area contributed by atoms with Crippen LogP contribution < -0.4 is 0 Å². The second-order valence-electron chi connectivity index (χ2n) is 7.43. The van der Waals surface area contributed by atoms with Crippen molar-refractivity contribution in [3.05, 3.63) is 64.7 Å². The van der Waals surface area contributed by atoms with Crippen LogP contribution in [-0.4, -0.2) is 46.9 Å². The predicted octanol–water partition coefficient (Wildman–Crippen LogP) is 3.71. The summed E-state index contributed by atoms with van der Waals surface area (Å²) in [5.41, 5.74) is 5.32. The van der Waals surface area contributed by atoms with E-state index in [1.165, 1.54) is 5.56 Å². The Kier molecular flexibility index (Phi) is 4.70. The summed E-state index contributed by atoms with van der Waals surface area (Å²) in [6, 6.07) is 8.23. The fourth-order valence-corrected chi connectivity index (χ4v) is 3.99. The molecule has 0 bridgehead atoms. The van der Waals surface area contributed by atoms with Crippen LogP contribution in [0.5, 0.6) is 0 Å². The van der Waals surface area contributed by atoms with E-state index >= 15 is 0 Å². The Morgan fingerprint density at radius 1 is 1.07 bits per heavy atom. The van der Waals surface area contributed by atoms with E-state index in [1.807, 2.05) is 49.3 Å². The van der Waals surface area contributed by atoms with Gasteiger partial charge in [-0.15, -0.1) is 0 Å². The van der Waals surface area contributed by atoms with E-state index in [1.54, 1.807) is 0 Å². The van der Waals surface area contributed by atoms with Crippen molar-refractivity contribution in [3.8, 4) is 0 Å². The Bertz CT molecular complexity index is 970. The molecule has 3 heterocycles.